The molecule has 2 fully saturated rings. The van der Waals surface area contributed by atoms with Gasteiger partial charge in [0, 0.05) is 17.7 Å². The number of esters is 1. The van der Waals surface area contributed by atoms with Gasteiger partial charge in [-0.05, 0) is 23.3 Å². The second kappa shape index (κ2) is 12.9. The molecule has 1 aromatic rings. The molecule has 228 valence electrons. The number of ether oxygens (including phenoxy) is 1. The normalized spacial score (nSPS) is 24.8. The molecule has 1 aromatic heterocycles. The summed E-state index contributed by atoms with van der Waals surface area (Å²) in [5.41, 5.74) is 0.689. The number of aliphatic hydroxyl groups excluding tert-OH is 1. The molecule has 4 amide bonds. The highest BCUT2D eigenvalue weighted by molar-refractivity contribution is 8.00. The zero-order chi connectivity index (χ0) is 30.7. The molecular formula is C25H26N6O10S2. The lowest BCUT2D eigenvalue weighted by Crippen LogP contribution is -2.71. The zero-order valence-corrected chi connectivity index (χ0v) is 24.4. The van der Waals surface area contributed by atoms with E-state index in [9.17, 15) is 29.1 Å². The molecule has 16 nitrogen and oxygen atoms in total. The molecule has 4 atom stereocenters. The Morgan fingerprint density at radius 2 is 1.88 bits per heavy atom. The Morgan fingerprint density at radius 1 is 1.12 bits per heavy atom. The van der Waals surface area contributed by atoms with E-state index in [-0.39, 0.29) is 40.8 Å². The van der Waals surface area contributed by atoms with Crippen molar-refractivity contribution in [2.45, 2.75) is 22.8 Å². The van der Waals surface area contributed by atoms with Crippen LogP contribution in [0.3, 0.4) is 0 Å². The summed E-state index contributed by atoms with van der Waals surface area (Å²) < 4.78 is 10.7. The van der Waals surface area contributed by atoms with Crippen molar-refractivity contribution in [1.29, 1.82) is 0 Å². The third-order valence-electron chi connectivity index (χ3n) is 6.67. The van der Waals surface area contributed by atoms with Gasteiger partial charge in [-0.15, -0.1) is 23.5 Å². The lowest BCUT2D eigenvalue weighted by atomic mass is 10.0. The van der Waals surface area contributed by atoms with E-state index in [0.717, 1.165) is 6.21 Å². The Kier molecular flexibility index (Phi) is 9.07. The Hall–Kier alpha value is -4.29. The number of rotatable bonds is 11. The third kappa shape index (κ3) is 5.84. The van der Waals surface area contributed by atoms with Crippen molar-refractivity contribution in [3.63, 3.8) is 0 Å². The van der Waals surface area contributed by atoms with Gasteiger partial charge in [0.15, 0.2) is 5.76 Å². The molecule has 0 spiro atoms. The van der Waals surface area contributed by atoms with Gasteiger partial charge in [0.05, 0.1) is 12.9 Å². The van der Waals surface area contributed by atoms with Crippen LogP contribution in [0.5, 0.6) is 0 Å². The number of hydrogen-bond acceptors (Lipinski definition) is 14. The van der Waals surface area contributed by atoms with Gasteiger partial charge in [0.1, 0.15) is 55.6 Å². The maximum atomic E-state index is 13.2. The summed E-state index contributed by atoms with van der Waals surface area (Å²) in [4.78, 5) is 75.4. The van der Waals surface area contributed by atoms with Crippen LogP contribution in [0.4, 0.5) is 0 Å². The van der Waals surface area contributed by atoms with Gasteiger partial charge in [-0.3, -0.25) is 24.1 Å². The fourth-order valence-electron chi connectivity index (χ4n) is 4.66. The maximum absolute atomic E-state index is 13.2. The summed E-state index contributed by atoms with van der Waals surface area (Å²) in [7, 11) is 2.56. The molecule has 0 radical (unpaired) electrons. The smallest absolute Gasteiger partial charge is 0.355 e. The van der Waals surface area contributed by atoms with E-state index in [2.05, 4.69) is 25.8 Å². The van der Waals surface area contributed by atoms with Crippen LogP contribution in [0.15, 0.2) is 56.2 Å². The number of carbonyl (C=O) groups excluding carboxylic acids is 5. The molecule has 0 saturated carbocycles. The van der Waals surface area contributed by atoms with Crippen LogP contribution in [0.2, 0.25) is 0 Å². The molecule has 0 unspecified atom stereocenters. The van der Waals surface area contributed by atoms with Gasteiger partial charge in [0.2, 0.25) is 5.71 Å². The van der Waals surface area contributed by atoms with Crippen molar-refractivity contribution in [3.8, 4) is 0 Å². The number of nitrogens with zero attached hydrogens (tertiary/aromatic N) is 4. The lowest BCUT2D eigenvalue weighted by Gasteiger charge is -2.49. The molecule has 0 aliphatic carbocycles. The topological polar surface area (TPSA) is 202 Å². The summed E-state index contributed by atoms with van der Waals surface area (Å²) in [6.07, 6.45) is 3.86. The molecule has 4 aliphatic heterocycles. The van der Waals surface area contributed by atoms with Crippen LogP contribution in [0.1, 0.15) is 5.76 Å². The first-order chi connectivity index (χ1) is 20.8. The lowest BCUT2D eigenvalue weighted by molar-refractivity contribution is -0.152. The van der Waals surface area contributed by atoms with Crippen LogP contribution < -0.4 is 10.6 Å². The van der Waals surface area contributed by atoms with Crippen molar-refractivity contribution in [2.24, 2.45) is 10.3 Å². The number of β-lactam (4-membered cyclic amide) rings is 2. The average Bonchev–Trinajstić information content (AvgIpc) is 3.56. The third-order valence-corrected chi connectivity index (χ3v) is 9.39. The highest BCUT2D eigenvalue weighted by Gasteiger charge is 2.55. The van der Waals surface area contributed by atoms with Crippen LogP contribution in [0.25, 0.3) is 0 Å². The zero-order valence-electron chi connectivity index (χ0n) is 22.8. The Morgan fingerprint density at radius 3 is 2.58 bits per heavy atom. The molecule has 0 aromatic carbocycles. The highest BCUT2D eigenvalue weighted by Crippen LogP contribution is 2.41. The van der Waals surface area contributed by atoms with E-state index in [0.29, 0.717) is 16.9 Å². The predicted molar refractivity (Wildman–Crippen MR) is 151 cm³/mol. The summed E-state index contributed by atoms with van der Waals surface area (Å²) in [6.45, 7) is -0.638. The molecule has 5 rings (SSSR count). The molecular weight excluding hydrogens is 608 g/mol. The van der Waals surface area contributed by atoms with Crippen molar-refractivity contribution in [2.75, 3.05) is 38.9 Å². The molecule has 4 aliphatic rings. The van der Waals surface area contributed by atoms with Gasteiger partial charge >= 0.3 is 5.97 Å². The van der Waals surface area contributed by atoms with Gasteiger partial charge in [-0.1, -0.05) is 10.3 Å². The largest absolute Gasteiger partial charge is 0.462 e. The average molecular weight is 635 g/mol. The fraction of sp³-hybridized carbons (Fsp3) is 0.400. The number of fused-ring (bicyclic) bond motifs is 2. The number of furan rings is 1. The van der Waals surface area contributed by atoms with E-state index < -0.39 is 47.8 Å². The van der Waals surface area contributed by atoms with Gasteiger partial charge in [-0.2, -0.15) is 0 Å². The summed E-state index contributed by atoms with van der Waals surface area (Å²) in [5, 5.41) is 21.2. The molecule has 0 bridgehead atoms. The van der Waals surface area contributed by atoms with Crippen LogP contribution in [-0.2, 0) is 38.4 Å². The molecule has 18 heteroatoms. The standard InChI is InChI=1S/C25H26N6O10S2/c1-38-26-6-15(33)27-17-21(35)30-7-12(10-42-23(17)30)9-41-25(37)19-13(8-32)11-43-24-18(22(36)31(19)24)28-20(34)16(29-39-2)14-4-3-5-40-14/h3-7,17-18,23-24,32H,8-11H2,1-2H3,(H,27,33)(H,28,34)/b26-6-,29-16-/t17-,18-,23-,24-/m1/s1. The summed E-state index contributed by atoms with van der Waals surface area (Å²) in [5.74, 6) is -2.20. The van der Waals surface area contributed by atoms with Gasteiger partial charge in [0.25, 0.3) is 23.6 Å². The van der Waals surface area contributed by atoms with Crippen LogP contribution in [-0.4, -0.2) is 118 Å². The van der Waals surface area contributed by atoms with Crippen molar-refractivity contribution in [1.82, 2.24) is 20.4 Å². The van der Waals surface area contributed by atoms with E-state index >= 15 is 0 Å². The highest BCUT2D eigenvalue weighted by atomic mass is 32.2. The van der Waals surface area contributed by atoms with Crippen molar-refractivity contribution in [3.05, 3.63) is 47.2 Å². The quantitative estimate of drug-likeness (QED) is 0.113. The first kappa shape index (κ1) is 30.2. The SMILES string of the molecule is CO/N=C\C(=O)N[C@@H]1C(=O)N2C=C(COC(=O)C3=C(CO)CS[C@@H]4[C@H](NC(=O)/C(=N\OC)c5ccco5)C(=O)N34)CS[C@H]12. The predicted octanol–water partition coefficient (Wildman–Crippen LogP) is -1.26. The number of oxime groups is 2. The second-order valence-electron chi connectivity index (χ2n) is 9.28. The van der Waals surface area contributed by atoms with E-state index in [1.807, 2.05) is 0 Å². The molecule has 5 heterocycles. The summed E-state index contributed by atoms with van der Waals surface area (Å²) in [6, 6.07) is 1.38. The van der Waals surface area contributed by atoms with Gasteiger partial charge < -0.3 is 39.5 Å². The minimum absolute atomic E-state index is 0.0824. The van der Waals surface area contributed by atoms with Crippen molar-refractivity contribution >= 4 is 65.0 Å². The van der Waals surface area contributed by atoms with Crippen LogP contribution in [0, 0.1) is 0 Å². The number of nitrogens with one attached hydrogen (secondary N) is 2. The second-order valence-corrected chi connectivity index (χ2v) is 11.5. The van der Waals surface area contributed by atoms with Crippen LogP contribution >= 0.6 is 23.5 Å². The monoisotopic (exact) mass is 634 g/mol. The Bertz CT molecular complexity index is 1440. The van der Waals surface area contributed by atoms with E-state index in [1.54, 1.807) is 12.3 Å². The number of aliphatic hydroxyl groups is 1. The van der Waals surface area contributed by atoms with E-state index in [1.165, 1.54) is 59.9 Å². The number of carbonyl (C=O) groups is 5. The molecule has 3 N–H and O–H groups in total. The Balaban J connectivity index is 1.20. The summed E-state index contributed by atoms with van der Waals surface area (Å²) >= 11 is 2.66. The first-order valence-corrected chi connectivity index (χ1v) is 14.8. The first-order valence-electron chi connectivity index (χ1n) is 12.7. The number of thioether (sulfide) groups is 2. The molecule has 43 heavy (non-hydrogen) atoms. The molecule has 2 saturated heterocycles. The van der Waals surface area contributed by atoms with E-state index in [4.69, 9.17) is 14.0 Å². The maximum Gasteiger partial charge on any atom is 0.355 e. The van der Waals surface area contributed by atoms with Gasteiger partial charge in [-0.25, -0.2) is 4.79 Å². The van der Waals surface area contributed by atoms with Crippen molar-refractivity contribution < 1.29 is 47.9 Å². The fourth-order valence-corrected chi connectivity index (χ4v) is 7.24. The Labute approximate surface area is 252 Å². The number of hydrogen-bond donors (Lipinski definition) is 3. The minimum atomic E-state index is -0.974. The number of amides is 4. The minimum Gasteiger partial charge on any atom is -0.462 e.